The van der Waals surface area contributed by atoms with Gasteiger partial charge in [-0.2, -0.15) is 0 Å². The maximum Gasteiger partial charge on any atom is 0.215 e. The molecule has 2 heterocycles. The average molecular weight is 233 g/mol. The molecule has 78 valence electrons. The van der Waals surface area contributed by atoms with Crippen LogP contribution >= 0.6 is 11.8 Å². The van der Waals surface area contributed by atoms with Crippen molar-refractivity contribution in [1.29, 1.82) is 0 Å². The van der Waals surface area contributed by atoms with Crippen LogP contribution in [0.3, 0.4) is 0 Å². The molecule has 1 fully saturated rings. The van der Waals surface area contributed by atoms with Crippen LogP contribution in [0.25, 0.3) is 0 Å². The van der Waals surface area contributed by atoms with E-state index >= 15 is 0 Å². The predicted octanol–water partition coefficient (Wildman–Crippen LogP) is -3.36. The molecule has 0 bridgehead atoms. The molecular weight excluding hydrogens is 220 g/mol. The van der Waals surface area contributed by atoms with Gasteiger partial charge < -0.3 is 28.1 Å². The minimum absolute atomic E-state index is 0. The van der Waals surface area contributed by atoms with Crippen LogP contribution in [0.4, 0.5) is 5.69 Å². The van der Waals surface area contributed by atoms with Crippen molar-refractivity contribution in [3.05, 3.63) is 24.3 Å². The van der Waals surface area contributed by atoms with E-state index in [1.165, 1.54) is 23.7 Å². The zero-order valence-corrected chi connectivity index (χ0v) is 9.18. The number of nitrogens with two attached hydrogens (primary N) is 1. The van der Waals surface area contributed by atoms with Gasteiger partial charge in [-0.25, -0.2) is 0 Å². The molecule has 2 aliphatic heterocycles. The van der Waals surface area contributed by atoms with E-state index in [9.17, 15) is 0 Å². The summed E-state index contributed by atoms with van der Waals surface area (Å²) in [7, 11) is 0. The highest BCUT2D eigenvalue weighted by molar-refractivity contribution is 8.00. The van der Waals surface area contributed by atoms with Gasteiger partial charge in [0.2, 0.25) is 5.50 Å². The molecule has 4 N–H and O–H groups in total. The number of benzene rings is 1. The zero-order chi connectivity index (χ0) is 7.97. The van der Waals surface area contributed by atoms with Crippen molar-refractivity contribution < 1.29 is 23.2 Å². The summed E-state index contributed by atoms with van der Waals surface area (Å²) >= 11 is 1.98. The highest BCUT2D eigenvalue weighted by atomic mass is 35.5. The van der Waals surface area contributed by atoms with Gasteiger partial charge in [0.15, 0.2) is 0 Å². The Hall–Kier alpha value is -0.420. The lowest BCUT2D eigenvalue weighted by molar-refractivity contribution is -0.646. The summed E-state index contributed by atoms with van der Waals surface area (Å²) in [6, 6.07) is 8.68. The SMILES string of the molecule is O.[Cl-].c1ccc2c(c1)SC1[NH2+]CCN21. The van der Waals surface area contributed by atoms with Crippen molar-refractivity contribution in [3.63, 3.8) is 0 Å². The molecule has 14 heavy (non-hydrogen) atoms. The van der Waals surface area contributed by atoms with Crippen molar-refractivity contribution in [2.75, 3.05) is 18.0 Å². The van der Waals surface area contributed by atoms with E-state index in [4.69, 9.17) is 0 Å². The maximum absolute atomic E-state index is 2.49. The normalized spacial score (nSPS) is 22.0. The van der Waals surface area contributed by atoms with Crippen LogP contribution in [0, 0.1) is 0 Å². The van der Waals surface area contributed by atoms with Gasteiger partial charge in [0.05, 0.1) is 18.8 Å². The molecule has 0 spiro atoms. The van der Waals surface area contributed by atoms with E-state index < -0.39 is 0 Å². The molecule has 0 amide bonds. The van der Waals surface area contributed by atoms with Gasteiger partial charge in [-0.1, -0.05) is 12.1 Å². The Bertz CT molecular complexity index is 323. The summed E-state index contributed by atoms with van der Waals surface area (Å²) in [5.74, 6) is 0. The number of anilines is 1. The Morgan fingerprint density at radius 3 is 3.00 bits per heavy atom. The van der Waals surface area contributed by atoms with Gasteiger partial charge >= 0.3 is 0 Å². The van der Waals surface area contributed by atoms with Crippen LogP contribution < -0.4 is 22.6 Å². The number of thioether (sulfide) groups is 1. The van der Waals surface area contributed by atoms with Gasteiger partial charge in [-0.05, 0) is 23.9 Å². The number of rotatable bonds is 0. The second-order valence-electron chi connectivity index (χ2n) is 3.19. The van der Waals surface area contributed by atoms with Crippen molar-refractivity contribution in [2.24, 2.45) is 0 Å². The average Bonchev–Trinajstić information content (AvgIpc) is 2.62. The van der Waals surface area contributed by atoms with Gasteiger partial charge in [0.1, 0.15) is 0 Å². The Labute approximate surface area is 93.6 Å². The lowest BCUT2D eigenvalue weighted by Gasteiger charge is -2.12. The monoisotopic (exact) mass is 232 g/mol. The van der Waals surface area contributed by atoms with Gasteiger partial charge in [-0.15, -0.1) is 0 Å². The Kier molecular flexibility index (Phi) is 3.66. The number of nitrogens with zero attached hydrogens (tertiary/aromatic N) is 1. The molecule has 0 aromatic heterocycles. The summed E-state index contributed by atoms with van der Waals surface area (Å²) in [5, 5.41) is 2.41. The van der Waals surface area contributed by atoms with Crippen molar-refractivity contribution in [3.8, 4) is 0 Å². The lowest BCUT2D eigenvalue weighted by atomic mass is 10.3. The van der Waals surface area contributed by atoms with E-state index in [2.05, 4.69) is 34.5 Å². The number of hydrogen-bond donors (Lipinski definition) is 1. The first-order valence-corrected chi connectivity index (χ1v) is 5.19. The summed E-state index contributed by atoms with van der Waals surface area (Å²) in [4.78, 5) is 3.93. The molecule has 1 aromatic rings. The molecular formula is C9H13ClN2OS. The molecule has 5 heteroatoms. The minimum Gasteiger partial charge on any atom is -1.00 e. The van der Waals surface area contributed by atoms with E-state index in [-0.39, 0.29) is 17.9 Å². The fraction of sp³-hybridized carbons (Fsp3) is 0.333. The van der Waals surface area contributed by atoms with Crippen molar-refractivity contribution in [2.45, 2.75) is 10.4 Å². The van der Waals surface area contributed by atoms with Crippen LogP contribution in [-0.2, 0) is 0 Å². The van der Waals surface area contributed by atoms with Crippen LogP contribution in [-0.4, -0.2) is 24.1 Å². The number of halogens is 1. The minimum atomic E-state index is 0. The summed E-state index contributed by atoms with van der Waals surface area (Å²) in [5.41, 5.74) is 2.06. The Morgan fingerprint density at radius 2 is 2.14 bits per heavy atom. The predicted molar refractivity (Wildman–Crippen MR) is 53.8 cm³/mol. The summed E-state index contributed by atoms with van der Waals surface area (Å²) in [6.07, 6.45) is 0. The van der Waals surface area contributed by atoms with Crippen LogP contribution in [0.1, 0.15) is 0 Å². The summed E-state index contributed by atoms with van der Waals surface area (Å²) < 4.78 is 0. The number of hydrogen-bond acceptors (Lipinski definition) is 2. The van der Waals surface area contributed by atoms with Gasteiger partial charge in [0, 0.05) is 4.90 Å². The highest BCUT2D eigenvalue weighted by Gasteiger charge is 2.36. The molecule has 3 nitrogen and oxygen atoms in total. The van der Waals surface area contributed by atoms with Crippen LogP contribution in [0.15, 0.2) is 29.2 Å². The van der Waals surface area contributed by atoms with Crippen molar-refractivity contribution >= 4 is 17.4 Å². The number of para-hydroxylation sites is 1. The van der Waals surface area contributed by atoms with E-state index in [1.807, 2.05) is 11.8 Å². The molecule has 2 aliphatic rings. The molecule has 1 aromatic carbocycles. The van der Waals surface area contributed by atoms with Gasteiger partial charge in [0.25, 0.3) is 0 Å². The molecule has 3 rings (SSSR count). The van der Waals surface area contributed by atoms with Crippen LogP contribution in [0.2, 0.25) is 0 Å². The fourth-order valence-corrected chi connectivity index (χ4v) is 3.21. The smallest absolute Gasteiger partial charge is 0.215 e. The number of quaternary nitrogens is 1. The van der Waals surface area contributed by atoms with E-state index in [0.29, 0.717) is 5.50 Å². The Balaban J connectivity index is 0.000000490. The largest absolute Gasteiger partial charge is 1.00 e. The first kappa shape index (κ1) is 11.7. The highest BCUT2D eigenvalue weighted by Crippen LogP contribution is 2.40. The van der Waals surface area contributed by atoms with Crippen LogP contribution in [0.5, 0.6) is 0 Å². The first-order valence-electron chi connectivity index (χ1n) is 4.31. The third-order valence-electron chi connectivity index (χ3n) is 2.47. The fourth-order valence-electron chi connectivity index (χ4n) is 1.90. The quantitative estimate of drug-likeness (QED) is 0.508. The maximum atomic E-state index is 2.49. The first-order chi connectivity index (χ1) is 5.95. The molecule has 1 unspecified atom stereocenters. The third kappa shape index (κ3) is 1.59. The standard InChI is InChI=1S/C9H10N2S.ClH.H2O/c1-2-4-8-7(3-1)11-6-5-10-9(11)12-8;;/h1-4,9-10H,5-6H2;1H;1H2. The zero-order valence-electron chi connectivity index (χ0n) is 7.61. The van der Waals surface area contributed by atoms with E-state index in [1.54, 1.807) is 0 Å². The van der Waals surface area contributed by atoms with E-state index in [0.717, 1.165) is 0 Å². The molecule has 0 radical (unpaired) electrons. The van der Waals surface area contributed by atoms with Gasteiger partial charge in [-0.3, -0.25) is 0 Å². The molecule has 0 aliphatic carbocycles. The third-order valence-corrected chi connectivity index (χ3v) is 3.76. The molecule has 1 saturated heterocycles. The lowest BCUT2D eigenvalue weighted by Crippen LogP contribution is -3.00. The molecule has 1 atom stereocenters. The second kappa shape index (κ2) is 4.40. The second-order valence-corrected chi connectivity index (χ2v) is 4.35. The molecule has 0 saturated carbocycles. The topological polar surface area (TPSA) is 51.4 Å². The van der Waals surface area contributed by atoms with Crippen molar-refractivity contribution in [1.82, 2.24) is 0 Å². The summed E-state index contributed by atoms with van der Waals surface area (Å²) in [6.45, 7) is 2.45. The number of fused-ring (bicyclic) bond motifs is 3. The Morgan fingerprint density at radius 1 is 1.36 bits per heavy atom.